The first-order valence-corrected chi connectivity index (χ1v) is 14.9. The Balaban J connectivity index is 1.58. The van der Waals surface area contributed by atoms with Gasteiger partial charge in [0.25, 0.3) is 0 Å². The van der Waals surface area contributed by atoms with Gasteiger partial charge in [-0.15, -0.1) is 0 Å². The topological polar surface area (TPSA) is 35.9 Å². The molecule has 1 atom stereocenters. The Bertz CT molecular complexity index is 1040. The number of likely N-dealkylation sites (N-methyl/N-ethyl adjacent to an activating group) is 1. The Morgan fingerprint density at radius 2 is 1.50 bits per heavy atom. The lowest BCUT2D eigenvalue weighted by Crippen LogP contribution is -2.44. The number of rotatable bonds is 11. The molecule has 0 bridgehead atoms. The van der Waals surface area contributed by atoms with Crippen molar-refractivity contribution in [1.82, 2.24) is 9.80 Å². The van der Waals surface area contributed by atoms with Gasteiger partial charge in [0.15, 0.2) is 0 Å². The molecule has 2 aliphatic rings. The zero-order valence-electron chi connectivity index (χ0n) is 25.7. The summed E-state index contributed by atoms with van der Waals surface area (Å²) in [5.74, 6) is 1.51. The Hall–Kier alpha value is -2.04. The molecule has 0 amide bonds. The number of hydrogen-bond donors (Lipinski definition) is 1. The molecule has 3 rings (SSSR count). The van der Waals surface area contributed by atoms with Crippen LogP contribution in [-0.4, -0.2) is 53.7 Å². The lowest BCUT2D eigenvalue weighted by molar-refractivity contribution is 0.0555. The highest BCUT2D eigenvalue weighted by molar-refractivity contribution is 5.59. The van der Waals surface area contributed by atoms with Crippen LogP contribution in [0.4, 0.5) is 0 Å². The first-order chi connectivity index (χ1) is 18.0. The van der Waals surface area contributed by atoms with E-state index in [0.29, 0.717) is 5.75 Å². The largest absolute Gasteiger partial charge is 0.507 e. The van der Waals surface area contributed by atoms with E-state index >= 15 is 0 Å². The Kier molecular flexibility index (Phi) is 11.1. The van der Waals surface area contributed by atoms with Gasteiger partial charge in [-0.3, -0.25) is 4.90 Å². The monoisotopic (exact) mass is 522 g/mol. The maximum absolute atomic E-state index is 11.1. The van der Waals surface area contributed by atoms with Crippen LogP contribution in [-0.2, 0) is 13.0 Å². The normalized spacial score (nSPS) is 21.3. The average Bonchev–Trinajstić information content (AvgIpc) is 2.86. The zero-order chi connectivity index (χ0) is 27.9. The molecule has 2 heterocycles. The zero-order valence-corrected chi connectivity index (χ0v) is 25.7. The van der Waals surface area contributed by atoms with Crippen molar-refractivity contribution in [3.63, 3.8) is 0 Å². The minimum absolute atomic E-state index is 0.162. The fourth-order valence-corrected chi connectivity index (χ4v) is 5.77. The molecular weight excluding hydrogens is 468 g/mol. The minimum Gasteiger partial charge on any atom is -0.507 e. The molecule has 0 spiro atoms. The number of hydrogen-bond acceptors (Lipinski definition) is 4. The maximum atomic E-state index is 11.1. The maximum Gasteiger partial charge on any atom is 0.127 e. The summed E-state index contributed by atoms with van der Waals surface area (Å²) in [5.41, 5.74) is 8.62. The number of phenols is 1. The predicted molar refractivity (Wildman–Crippen MR) is 162 cm³/mol. The number of benzene rings is 1. The van der Waals surface area contributed by atoms with Gasteiger partial charge in [-0.2, -0.15) is 0 Å². The van der Waals surface area contributed by atoms with Gasteiger partial charge in [-0.1, -0.05) is 34.9 Å². The first kappa shape index (κ1) is 30.5. The fraction of sp³-hybridized carbons (Fsp3) is 0.647. The van der Waals surface area contributed by atoms with Gasteiger partial charge in [0.2, 0.25) is 0 Å². The molecule has 1 aromatic carbocycles. The van der Waals surface area contributed by atoms with Crippen LogP contribution in [0.25, 0.3) is 0 Å². The number of phenolic OH excluding ortho intramolecular Hbond substituents is 1. The van der Waals surface area contributed by atoms with E-state index in [9.17, 15) is 5.11 Å². The number of piperazine rings is 1. The summed E-state index contributed by atoms with van der Waals surface area (Å²) >= 11 is 0. The van der Waals surface area contributed by atoms with Crippen LogP contribution < -0.4 is 4.74 Å². The molecule has 1 N–H and O–H groups in total. The highest BCUT2D eigenvalue weighted by atomic mass is 16.5. The van der Waals surface area contributed by atoms with Crippen molar-refractivity contribution >= 4 is 0 Å². The molecule has 1 saturated heterocycles. The van der Waals surface area contributed by atoms with Crippen LogP contribution >= 0.6 is 0 Å². The number of ether oxygens (including phenoxy) is 1. The van der Waals surface area contributed by atoms with Crippen LogP contribution in [0, 0.1) is 13.8 Å². The third kappa shape index (κ3) is 8.48. The van der Waals surface area contributed by atoms with Crippen molar-refractivity contribution in [3.8, 4) is 11.5 Å². The SMILES string of the molecule is CC(C)=CCC/C(C)=C/CC/C(C)=C\CCC1(C)CCc2c(C)c(O)c(CN3CCN(C)CC3)c(C)c2O1. The fourth-order valence-electron chi connectivity index (χ4n) is 5.77. The summed E-state index contributed by atoms with van der Waals surface area (Å²) < 4.78 is 6.80. The van der Waals surface area contributed by atoms with Crippen LogP contribution in [0.2, 0.25) is 0 Å². The molecule has 212 valence electrons. The van der Waals surface area contributed by atoms with E-state index < -0.39 is 0 Å². The highest BCUT2D eigenvalue weighted by Crippen LogP contribution is 2.45. The van der Waals surface area contributed by atoms with Crippen molar-refractivity contribution in [2.75, 3.05) is 33.2 Å². The lowest BCUT2D eigenvalue weighted by atomic mass is 9.84. The summed E-state index contributed by atoms with van der Waals surface area (Å²) in [5, 5.41) is 11.1. The minimum atomic E-state index is -0.162. The van der Waals surface area contributed by atoms with Gasteiger partial charge < -0.3 is 14.7 Å². The second-order valence-electron chi connectivity index (χ2n) is 12.5. The Labute approximate surface area is 233 Å². The second kappa shape index (κ2) is 13.8. The van der Waals surface area contributed by atoms with E-state index in [0.717, 1.165) is 100 Å². The summed E-state index contributed by atoms with van der Waals surface area (Å²) in [4.78, 5) is 4.83. The molecule has 2 aliphatic heterocycles. The van der Waals surface area contributed by atoms with Crippen molar-refractivity contribution in [2.24, 2.45) is 0 Å². The van der Waals surface area contributed by atoms with Crippen LogP contribution in [0.5, 0.6) is 11.5 Å². The standard InChI is InChI=1S/C34H54N2O2/c1-25(2)12-9-13-26(3)14-10-15-27(4)16-11-18-34(7)19-17-30-28(5)32(37)31(29(6)33(30)38-34)24-36-22-20-35(8)21-23-36/h12,14,16,37H,9-11,13,15,17-24H2,1-8H3/b26-14+,27-16-. The smallest absolute Gasteiger partial charge is 0.127 e. The van der Waals surface area contributed by atoms with E-state index in [4.69, 9.17) is 4.74 Å². The highest BCUT2D eigenvalue weighted by Gasteiger charge is 2.34. The Morgan fingerprint density at radius 1 is 0.895 bits per heavy atom. The molecule has 1 unspecified atom stereocenters. The molecule has 1 aromatic rings. The van der Waals surface area contributed by atoms with Gasteiger partial charge in [0.05, 0.1) is 0 Å². The third-order valence-corrected chi connectivity index (χ3v) is 8.68. The predicted octanol–water partition coefficient (Wildman–Crippen LogP) is 8.04. The summed E-state index contributed by atoms with van der Waals surface area (Å²) in [6.07, 6.45) is 15.8. The summed E-state index contributed by atoms with van der Waals surface area (Å²) in [6.45, 7) is 20.4. The van der Waals surface area contributed by atoms with E-state index in [1.54, 1.807) is 0 Å². The summed E-state index contributed by atoms with van der Waals surface area (Å²) in [6, 6.07) is 0. The molecular formula is C34H54N2O2. The van der Waals surface area contributed by atoms with Crippen LogP contribution in [0.3, 0.4) is 0 Å². The van der Waals surface area contributed by atoms with Gasteiger partial charge in [0, 0.05) is 43.9 Å². The molecule has 1 fully saturated rings. The van der Waals surface area contributed by atoms with E-state index in [2.05, 4.69) is 83.5 Å². The Morgan fingerprint density at radius 3 is 2.13 bits per heavy atom. The average molecular weight is 523 g/mol. The number of aromatic hydroxyl groups is 1. The quantitative estimate of drug-likeness (QED) is 0.298. The molecule has 0 radical (unpaired) electrons. The van der Waals surface area contributed by atoms with Crippen LogP contribution in [0.1, 0.15) is 102 Å². The molecule has 4 nitrogen and oxygen atoms in total. The van der Waals surface area contributed by atoms with Crippen molar-refractivity contribution in [2.45, 2.75) is 112 Å². The van der Waals surface area contributed by atoms with E-state index in [-0.39, 0.29) is 5.60 Å². The van der Waals surface area contributed by atoms with Gasteiger partial charge in [0.1, 0.15) is 17.1 Å². The van der Waals surface area contributed by atoms with Crippen molar-refractivity contribution < 1.29 is 9.84 Å². The first-order valence-electron chi connectivity index (χ1n) is 14.9. The van der Waals surface area contributed by atoms with Crippen molar-refractivity contribution in [3.05, 3.63) is 57.2 Å². The molecule has 38 heavy (non-hydrogen) atoms. The second-order valence-corrected chi connectivity index (χ2v) is 12.5. The van der Waals surface area contributed by atoms with Gasteiger partial charge in [-0.05, 0) is 118 Å². The van der Waals surface area contributed by atoms with E-state index in [1.807, 2.05) is 0 Å². The van der Waals surface area contributed by atoms with Crippen LogP contribution in [0.15, 0.2) is 34.9 Å². The van der Waals surface area contributed by atoms with Gasteiger partial charge in [-0.25, -0.2) is 0 Å². The molecule has 4 heteroatoms. The van der Waals surface area contributed by atoms with Crippen molar-refractivity contribution in [1.29, 1.82) is 0 Å². The molecule has 0 saturated carbocycles. The van der Waals surface area contributed by atoms with E-state index in [1.165, 1.54) is 28.7 Å². The molecule has 0 aromatic heterocycles. The van der Waals surface area contributed by atoms with Gasteiger partial charge >= 0.3 is 0 Å². The number of fused-ring (bicyclic) bond motifs is 1. The summed E-state index contributed by atoms with van der Waals surface area (Å²) in [7, 11) is 2.18. The lowest BCUT2D eigenvalue weighted by Gasteiger charge is -2.39. The number of nitrogens with zero attached hydrogens (tertiary/aromatic N) is 2. The number of allylic oxidation sites excluding steroid dienone is 6. The third-order valence-electron chi connectivity index (χ3n) is 8.68. The molecule has 0 aliphatic carbocycles.